The predicted molar refractivity (Wildman–Crippen MR) is 97.4 cm³/mol. The molecule has 3 heteroatoms. The highest BCUT2D eigenvalue weighted by molar-refractivity contribution is 6.30. The summed E-state index contributed by atoms with van der Waals surface area (Å²) < 4.78 is 0. The van der Waals surface area contributed by atoms with Crippen molar-refractivity contribution in [2.24, 2.45) is 0 Å². The predicted octanol–water partition coefficient (Wildman–Crippen LogP) is 4.83. The number of rotatable bonds is 4. The summed E-state index contributed by atoms with van der Waals surface area (Å²) in [4.78, 5) is 0. The van der Waals surface area contributed by atoms with E-state index in [2.05, 4.69) is 0 Å². The van der Waals surface area contributed by atoms with E-state index in [1.54, 1.807) is 24.3 Å². The second kappa shape index (κ2) is 6.68. The summed E-state index contributed by atoms with van der Waals surface area (Å²) in [5.74, 6) is 0.177. The van der Waals surface area contributed by atoms with E-state index in [-0.39, 0.29) is 5.75 Å². The monoisotopic (exact) mass is 338 g/mol. The van der Waals surface area contributed by atoms with Crippen molar-refractivity contribution in [2.75, 3.05) is 0 Å². The van der Waals surface area contributed by atoms with Gasteiger partial charge in [-0.3, -0.25) is 0 Å². The Morgan fingerprint density at radius 1 is 0.792 bits per heavy atom. The first-order valence-electron chi connectivity index (χ1n) is 7.81. The maximum Gasteiger partial charge on any atom is 0.119 e. The van der Waals surface area contributed by atoms with Crippen molar-refractivity contribution in [2.45, 2.75) is 18.9 Å². The first-order valence-corrected chi connectivity index (χ1v) is 8.19. The van der Waals surface area contributed by atoms with Gasteiger partial charge in [0.2, 0.25) is 0 Å². The van der Waals surface area contributed by atoms with Gasteiger partial charge in [-0.05, 0) is 47.9 Å². The zero-order valence-corrected chi connectivity index (χ0v) is 14.2. The third-order valence-electron chi connectivity index (χ3n) is 4.25. The fourth-order valence-electron chi connectivity index (χ4n) is 2.83. The number of halogens is 1. The van der Waals surface area contributed by atoms with Crippen molar-refractivity contribution in [3.63, 3.8) is 0 Å². The van der Waals surface area contributed by atoms with E-state index in [1.165, 1.54) is 0 Å². The van der Waals surface area contributed by atoms with Crippen molar-refractivity contribution in [1.82, 2.24) is 0 Å². The normalized spacial score (nSPS) is 13.5. The number of aromatic hydroxyl groups is 1. The third-order valence-corrected chi connectivity index (χ3v) is 4.50. The van der Waals surface area contributed by atoms with Crippen LogP contribution in [-0.4, -0.2) is 10.2 Å². The van der Waals surface area contributed by atoms with Crippen molar-refractivity contribution in [3.05, 3.63) is 100 Å². The van der Waals surface area contributed by atoms with Gasteiger partial charge in [0.15, 0.2) is 0 Å². The second-order valence-electron chi connectivity index (χ2n) is 6.08. The molecule has 0 aliphatic heterocycles. The van der Waals surface area contributed by atoms with Crippen LogP contribution in [0, 0.1) is 6.92 Å². The summed E-state index contributed by atoms with van der Waals surface area (Å²) in [5.41, 5.74) is 2.48. The molecule has 0 aromatic heterocycles. The summed E-state index contributed by atoms with van der Waals surface area (Å²) in [6.07, 6.45) is 0.415. The molecule has 3 aromatic rings. The molecule has 0 aliphatic carbocycles. The topological polar surface area (TPSA) is 40.5 Å². The first-order chi connectivity index (χ1) is 11.5. The van der Waals surface area contributed by atoms with E-state index in [0.717, 1.165) is 22.3 Å². The number of aryl methyl sites for hydroxylation is 1. The molecule has 122 valence electrons. The molecule has 0 bridgehead atoms. The molecular weight excluding hydrogens is 320 g/mol. The van der Waals surface area contributed by atoms with Crippen molar-refractivity contribution in [1.29, 1.82) is 0 Å². The van der Waals surface area contributed by atoms with Crippen LogP contribution in [0.5, 0.6) is 5.75 Å². The summed E-state index contributed by atoms with van der Waals surface area (Å²) in [6, 6.07) is 22.0. The molecule has 1 unspecified atom stereocenters. The lowest BCUT2D eigenvalue weighted by molar-refractivity contribution is 0.0811. The van der Waals surface area contributed by atoms with Gasteiger partial charge in [0, 0.05) is 11.4 Å². The standard InChI is InChI=1S/C21H19ClO2/c1-15-2-6-17(7-3-15)21(24,18-8-12-20(23)13-9-18)14-16-4-10-19(22)11-5-16/h2-13,23-24H,14H2,1H3. The molecule has 0 aliphatic rings. The molecule has 0 saturated heterocycles. The summed E-state index contributed by atoms with van der Waals surface area (Å²) in [6.45, 7) is 2.02. The highest BCUT2D eigenvalue weighted by atomic mass is 35.5. The van der Waals surface area contributed by atoms with Crippen LogP contribution in [0.2, 0.25) is 5.02 Å². The van der Waals surface area contributed by atoms with Crippen molar-refractivity contribution in [3.8, 4) is 5.75 Å². The van der Waals surface area contributed by atoms with Gasteiger partial charge < -0.3 is 10.2 Å². The number of phenolic OH excluding ortho intramolecular Hbond substituents is 1. The third kappa shape index (κ3) is 3.45. The quantitative estimate of drug-likeness (QED) is 0.715. The Hall–Kier alpha value is -2.29. The van der Waals surface area contributed by atoms with Crippen molar-refractivity contribution < 1.29 is 10.2 Å². The number of benzene rings is 3. The van der Waals surface area contributed by atoms with Crippen LogP contribution in [0.25, 0.3) is 0 Å². The zero-order valence-electron chi connectivity index (χ0n) is 13.4. The molecule has 0 saturated carbocycles. The van der Waals surface area contributed by atoms with E-state index in [1.807, 2.05) is 55.5 Å². The lowest BCUT2D eigenvalue weighted by Gasteiger charge is -2.30. The lowest BCUT2D eigenvalue weighted by Crippen LogP contribution is -2.30. The van der Waals surface area contributed by atoms with E-state index in [9.17, 15) is 10.2 Å². The molecule has 0 amide bonds. The van der Waals surface area contributed by atoms with Crippen LogP contribution >= 0.6 is 11.6 Å². The molecule has 2 nitrogen and oxygen atoms in total. The Bertz CT molecular complexity index is 760. The molecule has 2 N–H and O–H groups in total. The smallest absolute Gasteiger partial charge is 0.119 e. The molecule has 0 fully saturated rings. The lowest BCUT2D eigenvalue weighted by atomic mass is 9.81. The highest BCUT2D eigenvalue weighted by Crippen LogP contribution is 2.34. The maximum absolute atomic E-state index is 11.5. The summed E-state index contributed by atoms with van der Waals surface area (Å²) in [7, 11) is 0. The van der Waals surface area contributed by atoms with Crippen LogP contribution < -0.4 is 0 Å². The molecule has 0 heterocycles. The number of aliphatic hydroxyl groups is 1. The Labute approximate surface area is 147 Å². The van der Waals surface area contributed by atoms with Crippen LogP contribution in [0.4, 0.5) is 0 Å². The van der Waals surface area contributed by atoms with Gasteiger partial charge in [0.05, 0.1) is 0 Å². The van der Waals surface area contributed by atoms with Gasteiger partial charge in [-0.25, -0.2) is 0 Å². The van der Waals surface area contributed by atoms with Gasteiger partial charge >= 0.3 is 0 Å². The number of hydrogen-bond donors (Lipinski definition) is 2. The van der Waals surface area contributed by atoms with Crippen molar-refractivity contribution >= 4 is 11.6 Å². The highest BCUT2D eigenvalue weighted by Gasteiger charge is 2.31. The van der Waals surface area contributed by atoms with Gasteiger partial charge in [0.25, 0.3) is 0 Å². The average Bonchev–Trinajstić information content (AvgIpc) is 2.58. The van der Waals surface area contributed by atoms with Crippen LogP contribution in [-0.2, 0) is 12.0 Å². The Morgan fingerprint density at radius 2 is 1.29 bits per heavy atom. The van der Waals surface area contributed by atoms with Crippen LogP contribution in [0.15, 0.2) is 72.8 Å². The second-order valence-corrected chi connectivity index (χ2v) is 6.51. The average molecular weight is 339 g/mol. The molecule has 0 spiro atoms. The van der Waals surface area contributed by atoms with E-state index in [0.29, 0.717) is 11.4 Å². The Morgan fingerprint density at radius 3 is 1.83 bits per heavy atom. The van der Waals surface area contributed by atoms with Crippen LogP contribution in [0.3, 0.4) is 0 Å². The largest absolute Gasteiger partial charge is 0.508 e. The molecule has 0 radical (unpaired) electrons. The molecule has 24 heavy (non-hydrogen) atoms. The summed E-state index contributed by atoms with van der Waals surface area (Å²) >= 11 is 5.96. The summed E-state index contributed by atoms with van der Waals surface area (Å²) in [5, 5.41) is 21.8. The van der Waals surface area contributed by atoms with Gasteiger partial charge in [-0.2, -0.15) is 0 Å². The van der Waals surface area contributed by atoms with E-state index < -0.39 is 5.60 Å². The SMILES string of the molecule is Cc1ccc(C(O)(Cc2ccc(Cl)cc2)c2ccc(O)cc2)cc1. The molecule has 1 atom stereocenters. The first kappa shape index (κ1) is 16.6. The maximum atomic E-state index is 11.5. The zero-order chi connectivity index (χ0) is 17.2. The van der Waals surface area contributed by atoms with Gasteiger partial charge in [-0.15, -0.1) is 0 Å². The van der Waals surface area contributed by atoms with Gasteiger partial charge in [-0.1, -0.05) is 65.7 Å². The Balaban J connectivity index is 2.07. The van der Waals surface area contributed by atoms with E-state index in [4.69, 9.17) is 11.6 Å². The molecule has 3 aromatic carbocycles. The Kier molecular flexibility index (Phi) is 4.61. The molecular formula is C21H19ClO2. The minimum atomic E-state index is -1.19. The minimum Gasteiger partial charge on any atom is -0.508 e. The van der Waals surface area contributed by atoms with Crippen LogP contribution in [0.1, 0.15) is 22.3 Å². The number of phenols is 1. The minimum absolute atomic E-state index is 0.177. The number of hydrogen-bond acceptors (Lipinski definition) is 2. The molecule has 3 rings (SSSR count). The van der Waals surface area contributed by atoms with E-state index >= 15 is 0 Å². The van der Waals surface area contributed by atoms with Gasteiger partial charge in [0.1, 0.15) is 11.4 Å². The fraction of sp³-hybridized carbons (Fsp3) is 0.143. The fourth-order valence-corrected chi connectivity index (χ4v) is 2.96.